The van der Waals surface area contributed by atoms with Crippen molar-refractivity contribution in [3.8, 4) is 0 Å². The van der Waals surface area contributed by atoms with Gasteiger partial charge in [0.15, 0.2) is 0 Å². The average Bonchev–Trinajstić information content (AvgIpc) is 2.33. The molecule has 0 N–H and O–H groups in total. The van der Waals surface area contributed by atoms with E-state index in [9.17, 15) is 0 Å². The van der Waals surface area contributed by atoms with Crippen molar-refractivity contribution in [2.45, 2.75) is 76.3 Å². The van der Waals surface area contributed by atoms with Crippen molar-refractivity contribution < 1.29 is 0 Å². The van der Waals surface area contributed by atoms with Gasteiger partial charge in [-0.2, -0.15) is 0 Å². The van der Waals surface area contributed by atoms with Gasteiger partial charge in [-0.15, -0.1) is 0 Å². The van der Waals surface area contributed by atoms with Crippen LogP contribution in [0.5, 0.6) is 0 Å². The minimum absolute atomic E-state index is 0.292. The zero-order valence-electron chi connectivity index (χ0n) is 11.1. The van der Waals surface area contributed by atoms with Crippen LogP contribution in [-0.2, 0) is 0 Å². The van der Waals surface area contributed by atoms with E-state index in [0.717, 1.165) is 6.04 Å². The molecular formula is C15H27N. The maximum absolute atomic E-state index is 4.34. The van der Waals surface area contributed by atoms with Crippen molar-refractivity contribution in [1.29, 1.82) is 0 Å². The van der Waals surface area contributed by atoms with Gasteiger partial charge in [0, 0.05) is 11.6 Å². The second-order valence-corrected chi connectivity index (χ2v) is 5.99. The molecule has 1 atom stereocenters. The summed E-state index contributed by atoms with van der Waals surface area (Å²) in [6.07, 6.45) is 12.4. The maximum Gasteiger partial charge on any atom is 0.0389 e. The first-order valence-electron chi connectivity index (χ1n) is 7.06. The second kappa shape index (κ2) is 4.91. The van der Waals surface area contributed by atoms with Crippen LogP contribution < -0.4 is 0 Å². The first-order chi connectivity index (χ1) is 7.64. The largest absolute Gasteiger partial charge is 0.294 e. The highest BCUT2D eigenvalue weighted by molar-refractivity contribution is 5.18. The van der Waals surface area contributed by atoms with Gasteiger partial charge in [-0.25, -0.2) is 0 Å². The maximum atomic E-state index is 4.34. The molecule has 1 nitrogen and oxygen atoms in total. The van der Waals surface area contributed by atoms with Gasteiger partial charge in [0.1, 0.15) is 0 Å². The average molecular weight is 221 g/mol. The van der Waals surface area contributed by atoms with Crippen LogP contribution in [0.25, 0.3) is 0 Å². The summed E-state index contributed by atoms with van der Waals surface area (Å²) in [5.74, 6) is 0. The van der Waals surface area contributed by atoms with Gasteiger partial charge in [0.05, 0.1) is 0 Å². The van der Waals surface area contributed by atoms with E-state index in [1.807, 2.05) is 0 Å². The van der Waals surface area contributed by atoms with Crippen LogP contribution in [0.3, 0.4) is 0 Å². The van der Waals surface area contributed by atoms with E-state index in [2.05, 4.69) is 25.5 Å². The highest BCUT2D eigenvalue weighted by atomic mass is 15.2. The highest BCUT2D eigenvalue weighted by Gasteiger charge is 2.37. The minimum Gasteiger partial charge on any atom is -0.294 e. The van der Waals surface area contributed by atoms with Crippen molar-refractivity contribution in [3.05, 3.63) is 12.2 Å². The van der Waals surface area contributed by atoms with Crippen molar-refractivity contribution in [2.75, 3.05) is 7.05 Å². The molecule has 92 valence electrons. The lowest BCUT2D eigenvalue weighted by Crippen LogP contribution is -2.52. The molecule has 0 amide bonds. The molecule has 0 aromatic carbocycles. The SMILES string of the molecule is C=C1CCCCC1(C)N(C)C1CCCCC1. The monoisotopic (exact) mass is 221 g/mol. The van der Waals surface area contributed by atoms with E-state index in [1.54, 1.807) is 0 Å². The fourth-order valence-corrected chi connectivity index (χ4v) is 3.55. The zero-order valence-corrected chi connectivity index (χ0v) is 11.1. The standard InChI is InChI=1S/C15H27N/c1-13-9-7-8-12-15(13,2)16(3)14-10-5-4-6-11-14/h14H,1,4-12H2,2-3H3. The molecular weight excluding hydrogens is 194 g/mol. The first-order valence-corrected chi connectivity index (χ1v) is 7.06. The summed E-state index contributed by atoms with van der Waals surface area (Å²) in [7, 11) is 2.34. The smallest absolute Gasteiger partial charge is 0.0389 e. The number of likely N-dealkylation sites (N-methyl/N-ethyl adjacent to an activating group) is 1. The molecule has 0 saturated heterocycles. The Morgan fingerprint density at radius 3 is 2.44 bits per heavy atom. The number of nitrogens with zero attached hydrogens (tertiary/aromatic N) is 1. The molecule has 1 heteroatoms. The Balaban J connectivity index is 2.05. The van der Waals surface area contributed by atoms with E-state index in [-0.39, 0.29) is 0 Å². The van der Waals surface area contributed by atoms with Crippen LogP contribution in [0.15, 0.2) is 12.2 Å². The summed E-state index contributed by atoms with van der Waals surface area (Å²) in [5.41, 5.74) is 1.77. The predicted octanol–water partition coefficient (Wildman–Crippen LogP) is 4.14. The predicted molar refractivity (Wildman–Crippen MR) is 70.6 cm³/mol. The number of hydrogen-bond donors (Lipinski definition) is 0. The van der Waals surface area contributed by atoms with Crippen LogP contribution in [0.4, 0.5) is 0 Å². The molecule has 0 spiro atoms. The van der Waals surface area contributed by atoms with Gasteiger partial charge in [0.2, 0.25) is 0 Å². The van der Waals surface area contributed by atoms with Crippen molar-refractivity contribution >= 4 is 0 Å². The molecule has 0 aromatic rings. The molecule has 2 aliphatic rings. The Morgan fingerprint density at radius 2 is 1.81 bits per heavy atom. The van der Waals surface area contributed by atoms with Crippen LogP contribution in [0.2, 0.25) is 0 Å². The van der Waals surface area contributed by atoms with Gasteiger partial charge in [-0.05, 0) is 46.1 Å². The van der Waals surface area contributed by atoms with E-state index in [0.29, 0.717) is 5.54 Å². The molecule has 1 unspecified atom stereocenters. The highest BCUT2D eigenvalue weighted by Crippen LogP contribution is 2.39. The Hall–Kier alpha value is -0.300. The first kappa shape index (κ1) is 12.2. The molecule has 0 heterocycles. The van der Waals surface area contributed by atoms with Gasteiger partial charge in [-0.3, -0.25) is 4.90 Å². The van der Waals surface area contributed by atoms with E-state index < -0.39 is 0 Å². The van der Waals surface area contributed by atoms with E-state index in [4.69, 9.17) is 0 Å². The lowest BCUT2D eigenvalue weighted by atomic mass is 9.76. The van der Waals surface area contributed by atoms with Gasteiger partial charge in [0.25, 0.3) is 0 Å². The Labute approximate surface area is 101 Å². The Kier molecular flexibility index (Phi) is 3.73. The van der Waals surface area contributed by atoms with Crippen LogP contribution in [0.1, 0.15) is 64.7 Å². The van der Waals surface area contributed by atoms with Crippen LogP contribution >= 0.6 is 0 Å². The summed E-state index contributed by atoms with van der Waals surface area (Å²) in [6.45, 7) is 6.76. The molecule has 0 radical (unpaired) electrons. The molecule has 0 aromatic heterocycles. The third-order valence-corrected chi connectivity index (χ3v) is 5.05. The second-order valence-electron chi connectivity index (χ2n) is 5.99. The minimum atomic E-state index is 0.292. The molecule has 2 fully saturated rings. The van der Waals surface area contributed by atoms with Crippen molar-refractivity contribution in [2.24, 2.45) is 0 Å². The summed E-state index contributed by atoms with van der Waals surface area (Å²) < 4.78 is 0. The van der Waals surface area contributed by atoms with E-state index in [1.165, 1.54) is 63.4 Å². The number of rotatable bonds is 2. The lowest BCUT2D eigenvalue weighted by Gasteiger charge is -2.48. The molecule has 2 aliphatic carbocycles. The number of hydrogen-bond acceptors (Lipinski definition) is 1. The summed E-state index contributed by atoms with van der Waals surface area (Å²) in [5, 5.41) is 0. The summed E-state index contributed by atoms with van der Waals surface area (Å²) in [4.78, 5) is 2.66. The van der Waals surface area contributed by atoms with Crippen LogP contribution in [-0.4, -0.2) is 23.5 Å². The van der Waals surface area contributed by atoms with Gasteiger partial charge >= 0.3 is 0 Å². The lowest BCUT2D eigenvalue weighted by molar-refractivity contribution is 0.0717. The van der Waals surface area contributed by atoms with Gasteiger partial charge < -0.3 is 0 Å². The quantitative estimate of drug-likeness (QED) is 0.633. The van der Waals surface area contributed by atoms with Crippen LogP contribution in [0, 0.1) is 0 Å². The molecule has 16 heavy (non-hydrogen) atoms. The fraction of sp³-hybridized carbons (Fsp3) is 0.867. The summed E-state index contributed by atoms with van der Waals surface area (Å²) >= 11 is 0. The normalized spacial score (nSPS) is 33.3. The topological polar surface area (TPSA) is 3.24 Å². The summed E-state index contributed by atoms with van der Waals surface area (Å²) in [6, 6.07) is 0.814. The molecule has 2 rings (SSSR count). The molecule has 0 aliphatic heterocycles. The van der Waals surface area contributed by atoms with Crippen molar-refractivity contribution in [1.82, 2.24) is 4.90 Å². The third kappa shape index (κ3) is 2.20. The fourth-order valence-electron chi connectivity index (χ4n) is 3.55. The Morgan fingerprint density at radius 1 is 1.12 bits per heavy atom. The molecule has 0 bridgehead atoms. The third-order valence-electron chi connectivity index (χ3n) is 5.05. The van der Waals surface area contributed by atoms with E-state index >= 15 is 0 Å². The molecule has 2 saturated carbocycles. The zero-order chi connectivity index (χ0) is 11.6. The Bertz CT molecular complexity index is 252. The van der Waals surface area contributed by atoms with Gasteiger partial charge in [-0.1, -0.05) is 37.8 Å². The van der Waals surface area contributed by atoms with Crippen molar-refractivity contribution in [3.63, 3.8) is 0 Å².